The van der Waals surface area contributed by atoms with Gasteiger partial charge in [0.2, 0.25) is 0 Å². The van der Waals surface area contributed by atoms with E-state index in [0.29, 0.717) is 5.58 Å². The molecular weight excluding hydrogens is 270 g/mol. The first-order chi connectivity index (χ1) is 10.1. The average molecular weight is 289 g/mol. The first-order valence-corrected chi connectivity index (χ1v) is 7.28. The number of likely N-dealkylation sites (tertiary alicyclic amines) is 1. The Balaban J connectivity index is 1.66. The summed E-state index contributed by atoms with van der Waals surface area (Å²) in [7, 11) is 0. The summed E-state index contributed by atoms with van der Waals surface area (Å²) in [6.45, 7) is 2.74. The fourth-order valence-electron chi connectivity index (χ4n) is 2.75. The molecule has 0 amide bonds. The van der Waals surface area contributed by atoms with Crippen molar-refractivity contribution in [1.82, 2.24) is 4.90 Å². The van der Waals surface area contributed by atoms with E-state index < -0.39 is 5.97 Å². The number of aliphatic hydroxyl groups excluding tert-OH is 1. The number of nitrogens with zero attached hydrogens (tertiary/aromatic N) is 1. The highest BCUT2D eigenvalue weighted by Gasteiger charge is 2.17. The molecule has 0 aliphatic carbocycles. The summed E-state index contributed by atoms with van der Waals surface area (Å²) < 4.78 is 5.73. The molecule has 2 heterocycles. The number of carboxylic acids is 1. The maximum Gasteiger partial charge on any atom is 0.335 e. The van der Waals surface area contributed by atoms with E-state index in [1.54, 1.807) is 18.2 Å². The fraction of sp³-hybridized carbons (Fsp3) is 0.438. The highest BCUT2D eigenvalue weighted by molar-refractivity contribution is 5.92. The summed E-state index contributed by atoms with van der Waals surface area (Å²) in [6, 6.07) is 6.91. The molecule has 112 valence electrons. The fourth-order valence-corrected chi connectivity index (χ4v) is 2.75. The third kappa shape index (κ3) is 3.25. The van der Waals surface area contributed by atoms with Gasteiger partial charge in [-0.05, 0) is 31.0 Å². The predicted molar refractivity (Wildman–Crippen MR) is 78.6 cm³/mol. The summed E-state index contributed by atoms with van der Waals surface area (Å²) in [6.07, 6.45) is 2.32. The van der Waals surface area contributed by atoms with Crippen LogP contribution in [0.2, 0.25) is 0 Å². The van der Waals surface area contributed by atoms with Gasteiger partial charge >= 0.3 is 5.97 Å². The molecular formula is C16H19NO4. The largest absolute Gasteiger partial charge is 0.478 e. The number of piperidine rings is 1. The van der Waals surface area contributed by atoms with E-state index >= 15 is 0 Å². The molecule has 0 saturated carbocycles. The van der Waals surface area contributed by atoms with E-state index in [4.69, 9.17) is 9.52 Å². The first kappa shape index (κ1) is 14.1. The number of rotatable bonds is 4. The van der Waals surface area contributed by atoms with Crippen LogP contribution in [-0.4, -0.2) is 46.8 Å². The van der Waals surface area contributed by atoms with Gasteiger partial charge in [-0.3, -0.25) is 0 Å². The van der Waals surface area contributed by atoms with E-state index in [-0.39, 0.29) is 11.7 Å². The van der Waals surface area contributed by atoms with Gasteiger partial charge in [-0.25, -0.2) is 4.79 Å². The zero-order chi connectivity index (χ0) is 14.8. The number of carboxylic acid groups (broad SMARTS) is 1. The van der Waals surface area contributed by atoms with E-state index in [2.05, 4.69) is 4.90 Å². The minimum Gasteiger partial charge on any atom is -0.478 e. The third-order valence-electron chi connectivity index (χ3n) is 4.05. The van der Waals surface area contributed by atoms with Crippen molar-refractivity contribution in [2.75, 3.05) is 19.6 Å². The van der Waals surface area contributed by atoms with Crippen LogP contribution in [0.3, 0.4) is 0 Å². The molecule has 1 aliphatic heterocycles. The molecule has 0 atom stereocenters. The number of fused-ring (bicyclic) bond motifs is 1. The second-order valence-corrected chi connectivity index (χ2v) is 5.59. The Morgan fingerprint density at radius 3 is 2.76 bits per heavy atom. The zero-order valence-electron chi connectivity index (χ0n) is 11.8. The highest BCUT2D eigenvalue weighted by atomic mass is 16.4. The van der Waals surface area contributed by atoms with E-state index in [0.717, 1.165) is 50.0 Å². The monoisotopic (exact) mass is 289 g/mol. The van der Waals surface area contributed by atoms with E-state index in [1.165, 1.54) is 0 Å². The van der Waals surface area contributed by atoms with Crippen molar-refractivity contribution in [1.29, 1.82) is 0 Å². The van der Waals surface area contributed by atoms with Crippen molar-refractivity contribution >= 4 is 16.9 Å². The number of carbonyl (C=O) groups is 1. The van der Waals surface area contributed by atoms with Crippen LogP contribution in [0, 0.1) is 0 Å². The Morgan fingerprint density at radius 2 is 2.05 bits per heavy atom. The second-order valence-electron chi connectivity index (χ2n) is 5.59. The number of aromatic carboxylic acids is 1. The third-order valence-corrected chi connectivity index (χ3v) is 4.05. The maximum atomic E-state index is 10.9. The molecule has 21 heavy (non-hydrogen) atoms. The van der Waals surface area contributed by atoms with Gasteiger partial charge in [-0.2, -0.15) is 0 Å². The first-order valence-electron chi connectivity index (χ1n) is 7.28. The second kappa shape index (κ2) is 5.87. The van der Waals surface area contributed by atoms with Gasteiger partial charge in [0.1, 0.15) is 11.3 Å². The quantitative estimate of drug-likeness (QED) is 0.902. The molecule has 0 spiro atoms. The standard InChI is InChI=1S/C16H19NO4/c18-13-3-6-17(7-4-13)8-5-14-9-11-1-2-12(16(19)20)10-15(11)21-14/h1-2,9-10,13,18H,3-8H2,(H,19,20). The van der Waals surface area contributed by atoms with Gasteiger partial charge < -0.3 is 19.5 Å². The minimum absolute atomic E-state index is 0.151. The van der Waals surface area contributed by atoms with Crippen LogP contribution in [0.4, 0.5) is 0 Å². The van der Waals surface area contributed by atoms with Crippen molar-refractivity contribution < 1.29 is 19.4 Å². The molecule has 1 aromatic heterocycles. The number of furan rings is 1. The number of benzene rings is 1. The molecule has 1 aliphatic rings. The van der Waals surface area contributed by atoms with Gasteiger partial charge in [0, 0.05) is 31.4 Å². The summed E-state index contributed by atoms with van der Waals surface area (Å²) in [4.78, 5) is 13.3. The van der Waals surface area contributed by atoms with Gasteiger partial charge in [0.15, 0.2) is 0 Å². The summed E-state index contributed by atoms with van der Waals surface area (Å²) in [5.41, 5.74) is 0.868. The molecule has 5 heteroatoms. The van der Waals surface area contributed by atoms with Crippen LogP contribution in [0.5, 0.6) is 0 Å². The minimum atomic E-state index is -0.943. The lowest BCUT2D eigenvalue weighted by atomic mass is 10.1. The van der Waals surface area contributed by atoms with Gasteiger partial charge in [-0.1, -0.05) is 6.07 Å². The SMILES string of the molecule is O=C(O)c1ccc2cc(CCN3CCC(O)CC3)oc2c1. The Morgan fingerprint density at radius 1 is 1.29 bits per heavy atom. The Bertz CT molecular complexity index is 641. The smallest absolute Gasteiger partial charge is 0.335 e. The lowest BCUT2D eigenvalue weighted by Gasteiger charge is -2.29. The van der Waals surface area contributed by atoms with Gasteiger partial charge in [-0.15, -0.1) is 0 Å². The molecule has 1 aromatic carbocycles. The summed E-state index contributed by atoms with van der Waals surface area (Å²) in [5.74, 6) is -0.0691. The van der Waals surface area contributed by atoms with Crippen LogP contribution in [0.1, 0.15) is 29.0 Å². The van der Waals surface area contributed by atoms with E-state index in [1.807, 2.05) is 6.07 Å². The van der Waals surface area contributed by atoms with Gasteiger partial charge in [0.05, 0.1) is 11.7 Å². The number of hydrogen-bond acceptors (Lipinski definition) is 4. The molecule has 3 rings (SSSR count). The van der Waals surface area contributed by atoms with Crippen molar-refractivity contribution in [3.63, 3.8) is 0 Å². The molecule has 5 nitrogen and oxygen atoms in total. The molecule has 0 unspecified atom stereocenters. The molecule has 1 saturated heterocycles. The van der Waals surface area contributed by atoms with Crippen LogP contribution in [-0.2, 0) is 6.42 Å². The van der Waals surface area contributed by atoms with Crippen molar-refractivity contribution in [3.05, 3.63) is 35.6 Å². The maximum absolute atomic E-state index is 10.9. The van der Waals surface area contributed by atoms with Gasteiger partial charge in [0.25, 0.3) is 0 Å². The molecule has 2 aromatic rings. The summed E-state index contributed by atoms with van der Waals surface area (Å²) in [5, 5.41) is 19.4. The Hall–Kier alpha value is -1.85. The molecule has 1 fully saturated rings. The van der Waals surface area contributed by atoms with E-state index in [9.17, 15) is 9.90 Å². The number of aliphatic hydroxyl groups is 1. The average Bonchev–Trinajstić information content (AvgIpc) is 2.88. The van der Waals surface area contributed by atoms with Crippen LogP contribution in [0.15, 0.2) is 28.7 Å². The van der Waals surface area contributed by atoms with Crippen molar-refractivity contribution in [3.8, 4) is 0 Å². The molecule has 2 N–H and O–H groups in total. The van der Waals surface area contributed by atoms with Crippen LogP contribution >= 0.6 is 0 Å². The zero-order valence-corrected chi connectivity index (χ0v) is 11.8. The lowest BCUT2D eigenvalue weighted by Crippen LogP contribution is -2.36. The number of hydrogen-bond donors (Lipinski definition) is 2. The topological polar surface area (TPSA) is 73.9 Å². The molecule has 0 radical (unpaired) electrons. The van der Waals surface area contributed by atoms with Crippen molar-refractivity contribution in [2.24, 2.45) is 0 Å². The molecule has 0 bridgehead atoms. The normalized spacial score (nSPS) is 17.4. The predicted octanol–water partition coefficient (Wildman–Crippen LogP) is 2.13. The van der Waals surface area contributed by atoms with Crippen molar-refractivity contribution in [2.45, 2.75) is 25.4 Å². The Labute approximate surface area is 122 Å². The van der Waals surface area contributed by atoms with Crippen LogP contribution in [0.25, 0.3) is 11.0 Å². The Kier molecular flexibility index (Phi) is 3.94. The highest BCUT2D eigenvalue weighted by Crippen LogP contribution is 2.22. The summed E-state index contributed by atoms with van der Waals surface area (Å²) >= 11 is 0. The lowest BCUT2D eigenvalue weighted by molar-refractivity contribution is 0.0696. The van der Waals surface area contributed by atoms with Crippen LogP contribution < -0.4 is 0 Å².